The number of hydrogen-bond donors (Lipinski definition) is 0. The lowest BCUT2D eigenvalue weighted by atomic mass is 9.71. The highest BCUT2D eigenvalue weighted by Crippen LogP contribution is 2.45. The summed E-state index contributed by atoms with van der Waals surface area (Å²) in [6, 6.07) is 10.6. The number of ether oxygens (including phenoxy) is 1. The van der Waals surface area contributed by atoms with E-state index in [1.165, 1.54) is 17.6 Å². The van der Waals surface area contributed by atoms with Gasteiger partial charge >= 0.3 is 0 Å². The Morgan fingerprint density at radius 2 is 2.06 bits per heavy atom. The van der Waals surface area contributed by atoms with Gasteiger partial charge in [-0.3, -0.25) is 0 Å². The van der Waals surface area contributed by atoms with E-state index in [1.807, 2.05) is 7.11 Å². The van der Waals surface area contributed by atoms with Crippen LogP contribution in [-0.4, -0.2) is 12.7 Å². The van der Waals surface area contributed by atoms with E-state index in [4.69, 9.17) is 4.74 Å². The van der Waals surface area contributed by atoms with Crippen LogP contribution in [0.25, 0.3) is 5.57 Å². The molecule has 1 nitrogen and oxygen atoms in total. The van der Waals surface area contributed by atoms with Gasteiger partial charge in [-0.15, -0.1) is 0 Å². The largest absolute Gasteiger partial charge is 0.369 e. The average Bonchev–Trinajstić information content (AvgIpc) is 2.41. The van der Waals surface area contributed by atoms with E-state index in [-0.39, 0.29) is 5.60 Å². The highest BCUT2D eigenvalue weighted by atomic mass is 16.5. The fourth-order valence-electron chi connectivity index (χ4n) is 2.80. The third-order valence-electron chi connectivity index (χ3n) is 3.75. The summed E-state index contributed by atoms with van der Waals surface area (Å²) in [5, 5.41) is 0. The Hall–Kier alpha value is -1.34. The molecule has 2 unspecified atom stereocenters. The average molecular weight is 212 g/mol. The molecule has 1 aromatic rings. The fourth-order valence-corrected chi connectivity index (χ4v) is 2.80. The molecule has 0 amide bonds. The summed E-state index contributed by atoms with van der Waals surface area (Å²) in [7, 11) is 1.81. The Morgan fingerprint density at radius 1 is 1.25 bits per heavy atom. The van der Waals surface area contributed by atoms with Gasteiger partial charge < -0.3 is 4.74 Å². The second kappa shape index (κ2) is 3.60. The summed E-state index contributed by atoms with van der Waals surface area (Å²) >= 11 is 0. The van der Waals surface area contributed by atoms with Crippen LogP contribution >= 0.6 is 0 Å². The molecule has 16 heavy (non-hydrogen) atoms. The second-order valence-corrected chi connectivity index (χ2v) is 4.60. The Morgan fingerprint density at radius 3 is 2.69 bits per heavy atom. The van der Waals surface area contributed by atoms with Crippen molar-refractivity contribution in [2.45, 2.75) is 18.4 Å². The number of rotatable bonds is 2. The van der Waals surface area contributed by atoms with Gasteiger partial charge in [-0.25, -0.2) is 0 Å². The molecule has 0 aliphatic heterocycles. The van der Waals surface area contributed by atoms with Crippen molar-refractivity contribution < 1.29 is 4.74 Å². The number of allylic oxidation sites excluding steroid dienone is 2. The van der Waals surface area contributed by atoms with Gasteiger partial charge in [0.25, 0.3) is 0 Å². The third kappa shape index (κ3) is 1.35. The van der Waals surface area contributed by atoms with Gasteiger partial charge in [0.05, 0.1) is 0 Å². The zero-order chi connectivity index (χ0) is 11.0. The number of benzene rings is 1. The van der Waals surface area contributed by atoms with E-state index < -0.39 is 0 Å². The zero-order valence-corrected chi connectivity index (χ0v) is 9.52. The molecule has 3 aliphatic rings. The van der Waals surface area contributed by atoms with Crippen molar-refractivity contribution in [1.29, 1.82) is 0 Å². The molecule has 0 saturated heterocycles. The van der Waals surface area contributed by atoms with Crippen LogP contribution in [0.15, 0.2) is 48.6 Å². The molecular formula is C15H16O. The van der Waals surface area contributed by atoms with E-state index in [0.29, 0.717) is 5.92 Å². The first-order valence-corrected chi connectivity index (χ1v) is 5.86. The SMILES string of the molecule is COC12C=CC(C=C1c1ccccc1)CC2. The lowest BCUT2D eigenvalue weighted by Crippen LogP contribution is -2.37. The van der Waals surface area contributed by atoms with Gasteiger partial charge in [0.2, 0.25) is 0 Å². The van der Waals surface area contributed by atoms with Crippen LogP contribution in [0.5, 0.6) is 0 Å². The van der Waals surface area contributed by atoms with E-state index in [1.54, 1.807) is 0 Å². The van der Waals surface area contributed by atoms with Gasteiger partial charge in [0.1, 0.15) is 5.60 Å². The number of methoxy groups -OCH3 is 1. The van der Waals surface area contributed by atoms with Crippen LogP contribution in [0, 0.1) is 5.92 Å². The van der Waals surface area contributed by atoms with Crippen molar-refractivity contribution in [2.24, 2.45) is 5.92 Å². The molecule has 0 fully saturated rings. The Kier molecular flexibility index (Phi) is 2.22. The van der Waals surface area contributed by atoms with E-state index in [9.17, 15) is 0 Å². The molecule has 1 aromatic carbocycles. The van der Waals surface area contributed by atoms with Gasteiger partial charge in [-0.1, -0.05) is 48.6 Å². The minimum absolute atomic E-state index is 0.171. The standard InChI is InChI=1S/C15H16O/c1-16-15-9-7-12(8-10-15)11-14(15)13-5-3-2-4-6-13/h2-7,9,11-12H,8,10H2,1H3. The Bertz CT molecular complexity index is 444. The predicted octanol–water partition coefficient (Wildman–Crippen LogP) is 3.44. The maximum Gasteiger partial charge on any atom is 0.111 e. The van der Waals surface area contributed by atoms with Crippen LogP contribution in [-0.2, 0) is 4.74 Å². The minimum Gasteiger partial charge on any atom is -0.369 e. The maximum absolute atomic E-state index is 5.78. The summed E-state index contributed by atoms with van der Waals surface area (Å²) in [5.74, 6) is 0.604. The summed E-state index contributed by atoms with van der Waals surface area (Å²) in [4.78, 5) is 0. The van der Waals surface area contributed by atoms with E-state index >= 15 is 0 Å². The van der Waals surface area contributed by atoms with Crippen LogP contribution < -0.4 is 0 Å². The molecule has 2 atom stereocenters. The predicted molar refractivity (Wildman–Crippen MR) is 66.0 cm³/mol. The molecule has 0 saturated carbocycles. The van der Waals surface area contributed by atoms with Crippen LogP contribution in [0.4, 0.5) is 0 Å². The van der Waals surface area contributed by atoms with Crippen molar-refractivity contribution in [1.82, 2.24) is 0 Å². The summed E-state index contributed by atoms with van der Waals surface area (Å²) < 4.78 is 5.78. The third-order valence-corrected chi connectivity index (χ3v) is 3.75. The summed E-state index contributed by atoms with van der Waals surface area (Å²) in [6.07, 6.45) is 9.19. The Labute approximate surface area is 96.4 Å². The quantitative estimate of drug-likeness (QED) is 0.682. The van der Waals surface area contributed by atoms with Crippen LogP contribution in [0.1, 0.15) is 18.4 Å². The topological polar surface area (TPSA) is 9.23 Å². The second-order valence-electron chi connectivity index (χ2n) is 4.60. The van der Waals surface area contributed by atoms with Crippen molar-refractivity contribution in [3.8, 4) is 0 Å². The summed E-state index contributed by atoms with van der Waals surface area (Å²) in [5.41, 5.74) is 2.46. The smallest absolute Gasteiger partial charge is 0.111 e. The van der Waals surface area contributed by atoms with Crippen molar-refractivity contribution in [3.05, 3.63) is 54.1 Å². The normalized spacial score (nSPS) is 31.6. The number of fused-ring (bicyclic) bond motifs is 1. The van der Waals surface area contributed by atoms with Gasteiger partial charge in [-0.05, 0) is 29.9 Å². The number of hydrogen-bond acceptors (Lipinski definition) is 1. The molecule has 0 radical (unpaired) electrons. The first-order chi connectivity index (χ1) is 7.84. The van der Waals surface area contributed by atoms with E-state index in [2.05, 4.69) is 48.6 Å². The van der Waals surface area contributed by atoms with Gasteiger partial charge in [-0.2, -0.15) is 0 Å². The molecule has 0 N–H and O–H groups in total. The molecule has 2 bridgehead atoms. The lowest BCUT2D eigenvalue weighted by molar-refractivity contribution is 0.0616. The van der Waals surface area contributed by atoms with E-state index in [0.717, 1.165) is 6.42 Å². The molecule has 1 heteroatoms. The highest BCUT2D eigenvalue weighted by molar-refractivity contribution is 5.77. The molecular weight excluding hydrogens is 196 g/mol. The van der Waals surface area contributed by atoms with Crippen LogP contribution in [0.2, 0.25) is 0 Å². The highest BCUT2D eigenvalue weighted by Gasteiger charge is 2.39. The lowest BCUT2D eigenvalue weighted by Gasteiger charge is -2.41. The first-order valence-electron chi connectivity index (χ1n) is 5.86. The molecule has 82 valence electrons. The van der Waals surface area contributed by atoms with Gasteiger partial charge in [0.15, 0.2) is 0 Å². The Balaban J connectivity index is 2.08. The molecule has 0 aromatic heterocycles. The minimum atomic E-state index is -0.171. The van der Waals surface area contributed by atoms with Crippen LogP contribution in [0.3, 0.4) is 0 Å². The summed E-state index contributed by atoms with van der Waals surface area (Å²) in [6.45, 7) is 0. The fraction of sp³-hybridized carbons (Fsp3) is 0.333. The maximum atomic E-state index is 5.78. The molecule has 4 rings (SSSR count). The van der Waals surface area contributed by atoms with Crippen molar-refractivity contribution in [2.75, 3.05) is 7.11 Å². The first kappa shape index (κ1) is 9.86. The van der Waals surface area contributed by atoms with Crippen molar-refractivity contribution in [3.63, 3.8) is 0 Å². The molecule has 3 aliphatic carbocycles. The van der Waals surface area contributed by atoms with Crippen molar-refractivity contribution >= 4 is 5.57 Å². The zero-order valence-electron chi connectivity index (χ0n) is 9.52. The molecule has 0 spiro atoms. The van der Waals surface area contributed by atoms with Gasteiger partial charge in [0, 0.05) is 7.11 Å². The molecule has 0 heterocycles. The monoisotopic (exact) mass is 212 g/mol.